The fourth-order valence-electron chi connectivity index (χ4n) is 1.74. The van der Waals surface area contributed by atoms with Crippen molar-refractivity contribution < 1.29 is 5.11 Å². The van der Waals surface area contributed by atoms with Crippen molar-refractivity contribution in [2.24, 2.45) is 0 Å². The molecule has 1 nitrogen and oxygen atoms in total. The lowest BCUT2D eigenvalue weighted by molar-refractivity contribution is 0.285. The number of aliphatic hydroxyl groups excluding tert-OH is 1. The van der Waals surface area contributed by atoms with Crippen LogP contribution in [-0.4, -0.2) is 11.7 Å². The fourth-order valence-corrected chi connectivity index (χ4v) is 1.74. The van der Waals surface area contributed by atoms with Crippen LogP contribution in [0.25, 0.3) is 0 Å². The molecule has 0 saturated heterocycles. The van der Waals surface area contributed by atoms with E-state index in [1.807, 2.05) is 0 Å². The van der Waals surface area contributed by atoms with Gasteiger partial charge in [-0.2, -0.15) is 0 Å². The maximum Gasteiger partial charge on any atom is 0.0431 e. The zero-order chi connectivity index (χ0) is 15.4. The number of hydrogen-bond donors (Lipinski definition) is 1. The number of rotatable bonds is 13. The number of hydrogen-bond acceptors (Lipinski definition) is 1. The second kappa shape index (κ2) is 18.7. The number of unbranched alkanes of at least 4 members (excludes halogenated alkanes) is 2. The maximum absolute atomic E-state index is 8.64. The van der Waals surface area contributed by atoms with Crippen molar-refractivity contribution in [1.29, 1.82) is 0 Å². The molecule has 0 spiro atoms. The number of allylic oxidation sites excluding steroid dienone is 10. The molecule has 0 rings (SSSR count). The Morgan fingerprint density at radius 1 is 0.571 bits per heavy atom. The lowest BCUT2D eigenvalue weighted by atomic mass is 10.2. The minimum Gasteiger partial charge on any atom is -0.396 e. The molecule has 1 N–H and O–H groups in total. The van der Waals surface area contributed by atoms with E-state index in [1.165, 1.54) is 0 Å². The van der Waals surface area contributed by atoms with Gasteiger partial charge in [-0.15, -0.1) is 0 Å². The van der Waals surface area contributed by atoms with Crippen LogP contribution in [0, 0.1) is 0 Å². The Kier molecular flexibility index (Phi) is 17.5. The third kappa shape index (κ3) is 18.7. The summed E-state index contributed by atoms with van der Waals surface area (Å²) >= 11 is 0. The molecule has 0 heterocycles. The molecule has 0 saturated carbocycles. The molecule has 0 unspecified atom stereocenters. The van der Waals surface area contributed by atoms with Gasteiger partial charge in [0.2, 0.25) is 0 Å². The Morgan fingerprint density at radius 2 is 1.00 bits per heavy atom. The molecule has 0 amide bonds. The van der Waals surface area contributed by atoms with E-state index in [1.54, 1.807) is 0 Å². The van der Waals surface area contributed by atoms with E-state index < -0.39 is 0 Å². The Bertz CT molecular complexity index is 332. The highest BCUT2D eigenvalue weighted by molar-refractivity contribution is 5.00. The first-order valence-electron chi connectivity index (χ1n) is 8.27. The van der Waals surface area contributed by atoms with Gasteiger partial charge in [0.05, 0.1) is 0 Å². The first-order chi connectivity index (χ1) is 10.4. The van der Waals surface area contributed by atoms with E-state index in [0.717, 1.165) is 51.4 Å². The van der Waals surface area contributed by atoms with E-state index in [0.29, 0.717) is 6.61 Å². The van der Waals surface area contributed by atoms with Crippen LogP contribution in [0.2, 0.25) is 0 Å². The summed E-state index contributed by atoms with van der Waals surface area (Å²) in [5.74, 6) is 0. The Morgan fingerprint density at radius 3 is 1.43 bits per heavy atom. The fraction of sp³-hybridized carbons (Fsp3) is 0.500. The molecule has 0 aliphatic rings. The normalized spacial score (nSPS) is 13.0. The van der Waals surface area contributed by atoms with Gasteiger partial charge >= 0.3 is 0 Å². The van der Waals surface area contributed by atoms with Crippen molar-refractivity contribution in [3.8, 4) is 0 Å². The van der Waals surface area contributed by atoms with Gasteiger partial charge in [-0.1, -0.05) is 67.7 Å². The smallest absolute Gasteiger partial charge is 0.0431 e. The molecule has 0 bridgehead atoms. The van der Waals surface area contributed by atoms with Crippen molar-refractivity contribution >= 4 is 0 Å². The topological polar surface area (TPSA) is 20.2 Å². The van der Waals surface area contributed by atoms with Crippen LogP contribution in [0.15, 0.2) is 60.8 Å². The van der Waals surface area contributed by atoms with E-state index >= 15 is 0 Å². The summed E-state index contributed by atoms with van der Waals surface area (Å²) in [4.78, 5) is 0. The summed E-state index contributed by atoms with van der Waals surface area (Å²) in [6, 6.07) is 0. The van der Waals surface area contributed by atoms with Crippen LogP contribution in [0.4, 0.5) is 0 Å². The molecule has 0 aliphatic heterocycles. The molecule has 0 atom stereocenters. The zero-order valence-corrected chi connectivity index (χ0v) is 13.6. The number of aliphatic hydroxyl groups is 1. The predicted octanol–water partition coefficient (Wildman–Crippen LogP) is 5.90. The largest absolute Gasteiger partial charge is 0.396 e. The highest BCUT2D eigenvalue weighted by Gasteiger charge is 1.81. The third-order valence-corrected chi connectivity index (χ3v) is 2.94. The first kappa shape index (κ1) is 19.7. The van der Waals surface area contributed by atoms with E-state index in [9.17, 15) is 0 Å². The van der Waals surface area contributed by atoms with Gasteiger partial charge < -0.3 is 5.11 Å². The molecule has 0 aromatic rings. The Hall–Kier alpha value is -1.34. The van der Waals surface area contributed by atoms with Crippen LogP contribution >= 0.6 is 0 Å². The van der Waals surface area contributed by atoms with E-state index in [4.69, 9.17) is 5.11 Å². The summed E-state index contributed by atoms with van der Waals surface area (Å²) in [6.07, 6.45) is 30.4. The molecule has 0 aliphatic carbocycles. The Labute approximate surface area is 131 Å². The molecule has 21 heavy (non-hydrogen) atoms. The van der Waals surface area contributed by atoms with Crippen molar-refractivity contribution in [3.63, 3.8) is 0 Å². The van der Waals surface area contributed by atoms with Crippen LogP contribution in [0.3, 0.4) is 0 Å². The summed E-state index contributed by atoms with van der Waals surface area (Å²) in [5, 5.41) is 8.64. The minimum absolute atomic E-state index is 0.310. The molecular formula is C20H32O. The quantitative estimate of drug-likeness (QED) is 0.330. The van der Waals surface area contributed by atoms with Gasteiger partial charge in [0.25, 0.3) is 0 Å². The van der Waals surface area contributed by atoms with Gasteiger partial charge in [0.1, 0.15) is 0 Å². The zero-order valence-electron chi connectivity index (χ0n) is 13.6. The van der Waals surface area contributed by atoms with E-state index in [2.05, 4.69) is 67.7 Å². The molecule has 118 valence electrons. The summed E-state index contributed by atoms with van der Waals surface area (Å²) in [6.45, 7) is 2.47. The average molecular weight is 288 g/mol. The van der Waals surface area contributed by atoms with Gasteiger partial charge in [0, 0.05) is 6.61 Å². The van der Waals surface area contributed by atoms with Gasteiger partial charge in [-0.05, 0) is 51.4 Å². The summed E-state index contributed by atoms with van der Waals surface area (Å²) in [5.41, 5.74) is 0. The van der Waals surface area contributed by atoms with Crippen molar-refractivity contribution in [1.82, 2.24) is 0 Å². The maximum atomic E-state index is 8.64. The summed E-state index contributed by atoms with van der Waals surface area (Å²) in [7, 11) is 0. The summed E-state index contributed by atoms with van der Waals surface area (Å²) < 4.78 is 0. The van der Waals surface area contributed by atoms with Gasteiger partial charge in [-0.3, -0.25) is 0 Å². The monoisotopic (exact) mass is 288 g/mol. The SMILES string of the molecule is CC/C=C/C/C=C/C/C=C/C/C=C/C/C=C/CCCCO. The molecule has 0 aromatic heterocycles. The lowest BCUT2D eigenvalue weighted by Gasteiger charge is -1.90. The van der Waals surface area contributed by atoms with E-state index in [-0.39, 0.29) is 0 Å². The first-order valence-corrected chi connectivity index (χ1v) is 8.27. The van der Waals surface area contributed by atoms with Crippen LogP contribution in [0.1, 0.15) is 58.3 Å². The average Bonchev–Trinajstić information content (AvgIpc) is 2.50. The molecule has 1 heteroatoms. The van der Waals surface area contributed by atoms with Crippen molar-refractivity contribution in [2.75, 3.05) is 6.61 Å². The second-order valence-corrected chi connectivity index (χ2v) is 4.93. The predicted molar refractivity (Wildman–Crippen MR) is 95.4 cm³/mol. The van der Waals surface area contributed by atoms with Crippen LogP contribution in [0.5, 0.6) is 0 Å². The highest BCUT2D eigenvalue weighted by Crippen LogP contribution is 1.98. The minimum atomic E-state index is 0.310. The second-order valence-electron chi connectivity index (χ2n) is 4.93. The van der Waals surface area contributed by atoms with Crippen molar-refractivity contribution in [2.45, 2.75) is 58.3 Å². The van der Waals surface area contributed by atoms with Gasteiger partial charge in [-0.25, -0.2) is 0 Å². The lowest BCUT2D eigenvalue weighted by Crippen LogP contribution is -1.79. The van der Waals surface area contributed by atoms with Crippen LogP contribution < -0.4 is 0 Å². The molecule has 0 fully saturated rings. The standard InChI is InChI=1S/C20H32O/c1-2-3-4-5-6-7-8-9-10-11-12-13-14-15-16-17-18-19-20-21/h3-4,6-7,9-10,12-13,15-16,21H,2,5,8,11,14,17-20H2,1H3/b4-3+,7-6+,10-9+,13-12+,16-15+. The van der Waals surface area contributed by atoms with Crippen LogP contribution in [-0.2, 0) is 0 Å². The molecular weight excluding hydrogens is 256 g/mol. The Balaban J connectivity index is 3.41. The van der Waals surface area contributed by atoms with Gasteiger partial charge in [0.15, 0.2) is 0 Å². The molecule has 0 aromatic carbocycles. The molecule has 0 radical (unpaired) electrons. The third-order valence-electron chi connectivity index (χ3n) is 2.94. The highest BCUT2D eigenvalue weighted by atomic mass is 16.2. The van der Waals surface area contributed by atoms with Crippen molar-refractivity contribution in [3.05, 3.63) is 60.8 Å².